The largest absolute Gasteiger partial charge is 0.325 e. The second kappa shape index (κ2) is 6.99. The third-order valence-electron chi connectivity index (χ3n) is 3.78. The summed E-state index contributed by atoms with van der Waals surface area (Å²) in [6, 6.07) is 16.2. The number of hydrogen-bond acceptors (Lipinski definition) is 3. The number of carbonyl (C=O) groups excluding carboxylic acids is 1. The van der Waals surface area contributed by atoms with Gasteiger partial charge in [0.15, 0.2) is 0 Å². The minimum Gasteiger partial charge on any atom is -0.325 e. The molecule has 2 aromatic carbocycles. The van der Waals surface area contributed by atoms with E-state index in [9.17, 15) is 4.79 Å². The Morgan fingerprint density at radius 2 is 1.95 bits per heavy atom. The molecule has 0 aromatic heterocycles. The van der Waals surface area contributed by atoms with Gasteiger partial charge in [0, 0.05) is 17.1 Å². The lowest BCUT2D eigenvalue weighted by Crippen LogP contribution is -2.25. The van der Waals surface area contributed by atoms with E-state index in [2.05, 4.69) is 35.8 Å². The summed E-state index contributed by atoms with van der Waals surface area (Å²) >= 11 is 1.66. The van der Waals surface area contributed by atoms with E-state index in [4.69, 9.17) is 0 Å². The highest BCUT2D eigenvalue weighted by Crippen LogP contribution is 2.37. The Morgan fingerprint density at radius 3 is 2.77 bits per heavy atom. The number of nitrogens with one attached hydrogen (secondary N) is 2. The molecule has 4 heteroatoms. The van der Waals surface area contributed by atoms with Gasteiger partial charge in [-0.15, -0.1) is 11.8 Å². The fourth-order valence-electron chi connectivity index (χ4n) is 2.60. The molecule has 0 saturated carbocycles. The van der Waals surface area contributed by atoms with Crippen molar-refractivity contribution in [2.45, 2.75) is 30.0 Å². The average molecular weight is 312 g/mol. The van der Waals surface area contributed by atoms with E-state index in [0.29, 0.717) is 0 Å². The van der Waals surface area contributed by atoms with Crippen LogP contribution in [0.15, 0.2) is 53.4 Å². The van der Waals surface area contributed by atoms with Gasteiger partial charge in [-0.2, -0.15) is 0 Å². The molecular weight excluding hydrogens is 292 g/mol. The number of thioether (sulfide) groups is 1. The molecule has 3 nitrogen and oxygen atoms in total. The summed E-state index contributed by atoms with van der Waals surface area (Å²) in [5.74, 6) is 0.0881. The topological polar surface area (TPSA) is 41.1 Å². The monoisotopic (exact) mass is 312 g/mol. The normalized spacial score (nSPS) is 16.3. The first-order valence-electron chi connectivity index (χ1n) is 7.62. The van der Waals surface area contributed by atoms with Crippen LogP contribution in [0, 0.1) is 0 Å². The third-order valence-corrected chi connectivity index (χ3v) is 5.10. The van der Waals surface area contributed by atoms with Crippen molar-refractivity contribution in [1.82, 2.24) is 5.32 Å². The van der Waals surface area contributed by atoms with Crippen molar-refractivity contribution in [3.05, 3.63) is 59.7 Å². The Hall–Kier alpha value is -1.78. The van der Waals surface area contributed by atoms with Gasteiger partial charge < -0.3 is 10.6 Å². The fraction of sp³-hybridized carbons (Fsp3) is 0.278. The second-order valence-corrected chi connectivity index (χ2v) is 6.59. The van der Waals surface area contributed by atoms with Crippen LogP contribution >= 0.6 is 11.8 Å². The van der Waals surface area contributed by atoms with Crippen molar-refractivity contribution in [2.75, 3.05) is 11.9 Å². The van der Waals surface area contributed by atoms with Crippen molar-refractivity contribution in [1.29, 1.82) is 0 Å². The van der Waals surface area contributed by atoms with E-state index >= 15 is 0 Å². The molecule has 0 radical (unpaired) electrons. The van der Waals surface area contributed by atoms with Gasteiger partial charge in [0.05, 0.1) is 5.25 Å². The molecule has 0 saturated heterocycles. The summed E-state index contributed by atoms with van der Waals surface area (Å²) in [6.45, 7) is 3.76. The molecule has 22 heavy (non-hydrogen) atoms. The van der Waals surface area contributed by atoms with Gasteiger partial charge in [-0.3, -0.25) is 4.79 Å². The molecule has 0 aliphatic carbocycles. The number of amides is 1. The first-order chi connectivity index (χ1) is 10.8. The summed E-state index contributed by atoms with van der Waals surface area (Å²) in [7, 11) is 0. The van der Waals surface area contributed by atoms with Gasteiger partial charge in [0.25, 0.3) is 0 Å². The van der Waals surface area contributed by atoms with E-state index in [0.717, 1.165) is 30.8 Å². The predicted molar refractivity (Wildman–Crippen MR) is 92.2 cm³/mol. The number of fused-ring (bicyclic) bond motifs is 1. The number of hydrogen-bond donors (Lipinski definition) is 2. The molecule has 1 heterocycles. The maximum absolute atomic E-state index is 12.6. The van der Waals surface area contributed by atoms with Crippen LogP contribution in [0.4, 0.5) is 5.69 Å². The van der Waals surface area contributed by atoms with Crippen LogP contribution in [0.2, 0.25) is 0 Å². The number of anilines is 1. The zero-order valence-electron chi connectivity index (χ0n) is 12.6. The highest BCUT2D eigenvalue weighted by Gasteiger charge is 2.28. The molecule has 2 aromatic rings. The molecule has 0 fully saturated rings. The van der Waals surface area contributed by atoms with Gasteiger partial charge in [-0.1, -0.05) is 43.3 Å². The van der Waals surface area contributed by atoms with Crippen LogP contribution in [0.5, 0.6) is 0 Å². The van der Waals surface area contributed by atoms with E-state index < -0.39 is 0 Å². The molecule has 0 spiro atoms. The summed E-state index contributed by atoms with van der Waals surface area (Å²) in [4.78, 5) is 13.8. The van der Waals surface area contributed by atoms with Crippen LogP contribution in [-0.2, 0) is 17.8 Å². The molecule has 3 rings (SSSR count). The van der Waals surface area contributed by atoms with Crippen LogP contribution in [0.1, 0.15) is 18.1 Å². The van der Waals surface area contributed by atoms with Gasteiger partial charge in [-0.25, -0.2) is 0 Å². The quantitative estimate of drug-likeness (QED) is 0.888. The van der Waals surface area contributed by atoms with Gasteiger partial charge >= 0.3 is 0 Å². The van der Waals surface area contributed by atoms with Crippen molar-refractivity contribution in [2.24, 2.45) is 0 Å². The highest BCUT2D eigenvalue weighted by molar-refractivity contribution is 8.01. The molecule has 114 valence electrons. The minimum atomic E-state index is -0.0374. The van der Waals surface area contributed by atoms with E-state index in [1.807, 2.05) is 30.3 Å². The Labute approximate surface area is 135 Å². The standard InChI is InChI=1S/C18H20N2OS/c1-2-19-12-14-8-3-5-9-15(14)20-18(21)17-11-13-7-4-6-10-16(13)22-17/h3-10,17,19H,2,11-12H2,1H3,(H,20,21). The third kappa shape index (κ3) is 3.34. The Kier molecular flexibility index (Phi) is 4.80. The molecule has 1 amide bonds. The number of carbonyl (C=O) groups is 1. The van der Waals surface area contributed by atoms with Crippen LogP contribution in [0.3, 0.4) is 0 Å². The Bertz CT molecular complexity index is 647. The Morgan fingerprint density at radius 1 is 1.18 bits per heavy atom. The number of benzene rings is 2. The first kappa shape index (κ1) is 15.1. The zero-order chi connectivity index (χ0) is 15.4. The van der Waals surface area contributed by atoms with E-state index in [-0.39, 0.29) is 11.2 Å². The SMILES string of the molecule is CCNCc1ccccc1NC(=O)C1Cc2ccccc2S1. The fourth-order valence-corrected chi connectivity index (χ4v) is 3.79. The maximum Gasteiger partial charge on any atom is 0.238 e. The van der Waals surface area contributed by atoms with Crippen molar-refractivity contribution >= 4 is 23.4 Å². The smallest absolute Gasteiger partial charge is 0.238 e. The van der Waals surface area contributed by atoms with E-state index in [1.54, 1.807) is 11.8 Å². The molecule has 0 bridgehead atoms. The lowest BCUT2D eigenvalue weighted by molar-refractivity contribution is -0.115. The molecule has 1 aliphatic rings. The maximum atomic E-state index is 12.6. The van der Waals surface area contributed by atoms with Crippen LogP contribution in [-0.4, -0.2) is 17.7 Å². The predicted octanol–water partition coefficient (Wildman–Crippen LogP) is 3.45. The molecule has 1 aliphatic heterocycles. The molecule has 1 atom stereocenters. The van der Waals surface area contributed by atoms with Gasteiger partial charge in [0.2, 0.25) is 5.91 Å². The average Bonchev–Trinajstić information content (AvgIpc) is 2.98. The lowest BCUT2D eigenvalue weighted by atomic mass is 10.1. The summed E-state index contributed by atoms with van der Waals surface area (Å²) in [6.07, 6.45) is 0.808. The molecule has 2 N–H and O–H groups in total. The summed E-state index contributed by atoms with van der Waals surface area (Å²) in [5.41, 5.74) is 3.30. The van der Waals surface area contributed by atoms with Crippen molar-refractivity contribution in [3.8, 4) is 0 Å². The van der Waals surface area contributed by atoms with Crippen molar-refractivity contribution in [3.63, 3.8) is 0 Å². The van der Waals surface area contributed by atoms with Gasteiger partial charge in [0.1, 0.15) is 0 Å². The van der Waals surface area contributed by atoms with Crippen LogP contribution < -0.4 is 10.6 Å². The number of para-hydroxylation sites is 1. The zero-order valence-corrected chi connectivity index (χ0v) is 13.5. The van der Waals surface area contributed by atoms with Crippen LogP contribution in [0.25, 0.3) is 0 Å². The first-order valence-corrected chi connectivity index (χ1v) is 8.50. The summed E-state index contributed by atoms with van der Waals surface area (Å²) in [5, 5.41) is 6.36. The lowest BCUT2D eigenvalue weighted by Gasteiger charge is -2.14. The summed E-state index contributed by atoms with van der Waals surface area (Å²) < 4.78 is 0. The minimum absolute atomic E-state index is 0.0374. The Balaban J connectivity index is 1.68. The van der Waals surface area contributed by atoms with E-state index in [1.165, 1.54) is 10.5 Å². The highest BCUT2D eigenvalue weighted by atomic mass is 32.2. The second-order valence-electron chi connectivity index (χ2n) is 5.35. The molecule has 1 unspecified atom stereocenters. The molecular formula is C18H20N2OS. The van der Waals surface area contributed by atoms with Gasteiger partial charge in [-0.05, 0) is 36.2 Å². The number of rotatable bonds is 5. The van der Waals surface area contributed by atoms with Crippen molar-refractivity contribution < 1.29 is 4.79 Å².